The summed E-state index contributed by atoms with van der Waals surface area (Å²) in [4.78, 5) is 5.00. The number of thiazole rings is 1. The summed E-state index contributed by atoms with van der Waals surface area (Å²) in [5.74, 6) is 0.113. The summed E-state index contributed by atoms with van der Waals surface area (Å²) < 4.78 is 38.4. The van der Waals surface area contributed by atoms with Gasteiger partial charge in [-0.15, -0.1) is 24.0 Å². The Morgan fingerprint density at radius 3 is 2.45 bits per heavy atom. The molecule has 1 heterocycles. The van der Waals surface area contributed by atoms with E-state index in [0.29, 0.717) is 16.8 Å². The quantitative estimate of drug-likeness (QED) is 0.650. The van der Waals surface area contributed by atoms with Crippen molar-refractivity contribution >= 4 is 34.2 Å². The molecule has 22 heavy (non-hydrogen) atoms. The number of aromatic hydroxyl groups is 1. The summed E-state index contributed by atoms with van der Waals surface area (Å²) in [6.45, 7) is 0. The number of halogens is 3. The summed E-state index contributed by atoms with van der Waals surface area (Å²) >= 11 is 5.65. The van der Waals surface area contributed by atoms with E-state index in [-0.39, 0.29) is 5.75 Å². The van der Waals surface area contributed by atoms with Gasteiger partial charge in [0.15, 0.2) is 0 Å². The lowest BCUT2D eigenvalue weighted by Crippen LogP contribution is -2.04. The van der Waals surface area contributed by atoms with E-state index >= 15 is 0 Å². The summed E-state index contributed by atoms with van der Waals surface area (Å²) in [7, 11) is 0. The molecule has 0 atom stereocenters. The van der Waals surface area contributed by atoms with Crippen LogP contribution in [-0.2, 0) is 12.6 Å². The van der Waals surface area contributed by atoms with Crippen molar-refractivity contribution in [1.29, 1.82) is 0 Å². The average molecular weight is 341 g/mol. The van der Waals surface area contributed by atoms with Crippen LogP contribution in [0.4, 0.5) is 13.2 Å². The third kappa shape index (κ3) is 3.05. The number of thiol groups is 1. The first-order valence-corrected chi connectivity index (χ1v) is 7.57. The van der Waals surface area contributed by atoms with Crippen LogP contribution in [0.5, 0.6) is 5.75 Å². The lowest BCUT2D eigenvalue weighted by atomic mass is 10.1. The molecule has 0 saturated heterocycles. The number of rotatable bonds is 2. The fraction of sp³-hybridized carbons (Fsp3) is 0.133. The first-order valence-electron chi connectivity index (χ1n) is 6.30. The van der Waals surface area contributed by atoms with Gasteiger partial charge in [0.2, 0.25) is 0 Å². The van der Waals surface area contributed by atoms with E-state index in [4.69, 9.17) is 0 Å². The van der Waals surface area contributed by atoms with Crippen molar-refractivity contribution in [2.45, 2.75) is 17.5 Å². The van der Waals surface area contributed by atoms with Gasteiger partial charge in [0.1, 0.15) is 5.75 Å². The normalized spacial score (nSPS) is 12.0. The smallest absolute Gasteiger partial charge is 0.416 e. The van der Waals surface area contributed by atoms with Crippen molar-refractivity contribution in [3.8, 4) is 5.75 Å². The van der Waals surface area contributed by atoms with Gasteiger partial charge in [0, 0.05) is 11.3 Å². The molecular weight excluding hydrogens is 331 g/mol. The first-order chi connectivity index (χ1) is 10.3. The van der Waals surface area contributed by atoms with E-state index in [2.05, 4.69) is 17.6 Å². The molecule has 3 aromatic rings. The molecule has 0 amide bonds. The maximum Gasteiger partial charge on any atom is 0.416 e. The fourth-order valence-corrected chi connectivity index (χ4v) is 3.55. The van der Waals surface area contributed by atoms with Gasteiger partial charge >= 0.3 is 6.18 Å². The molecular formula is C15H10F3NOS2. The zero-order chi connectivity index (χ0) is 15.9. The number of hydrogen-bond acceptors (Lipinski definition) is 4. The van der Waals surface area contributed by atoms with Crippen molar-refractivity contribution in [1.82, 2.24) is 4.98 Å². The van der Waals surface area contributed by atoms with Gasteiger partial charge in [-0.3, -0.25) is 0 Å². The second-order valence-corrected chi connectivity index (χ2v) is 6.39. The highest BCUT2D eigenvalue weighted by Crippen LogP contribution is 2.33. The Morgan fingerprint density at radius 1 is 1.14 bits per heavy atom. The van der Waals surface area contributed by atoms with E-state index < -0.39 is 11.7 Å². The Kier molecular flexibility index (Phi) is 3.78. The van der Waals surface area contributed by atoms with Crippen LogP contribution in [0.3, 0.4) is 0 Å². The molecule has 1 aromatic heterocycles. The summed E-state index contributed by atoms with van der Waals surface area (Å²) in [6.07, 6.45) is -3.89. The molecule has 114 valence electrons. The van der Waals surface area contributed by atoms with Crippen molar-refractivity contribution < 1.29 is 18.3 Å². The predicted octanol–water partition coefficient (Wildman–Crippen LogP) is 4.90. The molecule has 0 unspecified atom stereocenters. The molecule has 0 aliphatic carbocycles. The van der Waals surface area contributed by atoms with Gasteiger partial charge in [-0.25, -0.2) is 4.98 Å². The van der Waals surface area contributed by atoms with Crippen LogP contribution in [0.15, 0.2) is 41.3 Å². The molecule has 0 spiro atoms. The zero-order valence-electron chi connectivity index (χ0n) is 11.1. The summed E-state index contributed by atoms with van der Waals surface area (Å²) in [5.41, 5.74) is 0.771. The van der Waals surface area contributed by atoms with E-state index in [1.54, 1.807) is 6.07 Å². The Bertz CT molecular complexity index is 825. The van der Waals surface area contributed by atoms with Crippen LogP contribution in [0.1, 0.15) is 16.1 Å². The molecule has 0 aliphatic heterocycles. The molecule has 0 aliphatic rings. The second-order valence-electron chi connectivity index (χ2n) is 4.79. The second kappa shape index (κ2) is 5.48. The minimum Gasteiger partial charge on any atom is -0.508 e. The van der Waals surface area contributed by atoms with Crippen molar-refractivity contribution in [2.75, 3.05) is 0 Å². The lowest BCUT2D eigenvalue weighted by molar-refractivity contribution is -0.137. The SMILES string of the molecule is Oc1cc(S)c2nc(Cc3ccc(C(F)(F)F)cc3)sc2c1. The molecule has 0 radical (unpaired) electrons. The van der Waals surface area contributed by atoms with Crippen LogP contribution < -0.4 is 0 Å². The van der Waals surface area contributed by atoms with Crippen molar-refractivity contribution in [3.05, 3.63) is 52.5 Å². The number of aromatic nitrogens is 1. The molecule has 7 heteroatoms. The standard InChI is InChI=1S/C15H10F3NOS2/c16-15(17,18)9-3-1-8(2-4-9)5-13-19-14-11(21)6-10(20)7-12(14)22-13/h1-4,6-7,20-21H,5H2. The predicted molar refractivity (Wildman–Crippen MR) is 82.8 cm³/mol. The number of hydrogen-bond donors (Lipinski definition) is 2. The highest BCUT2D eigenvalue weighted by molar-refractivity contribution is 7.80. The van der Waals surface area contributed by atoms with Crippen LogP contribution in [-0.4, -0.2) is 10.1 Å². The maximum atomic E-state index is 12.5. The minimum atomic E-state index is -4.33. The first kappa shape index (κ1) is 15.2. The number of phenolic OH excluding ortho intramolecular Hbond substituents is 1. The van der Waals surface area contributed by atoms with Crippen molar-refractivity contribution in [3.63, 3.8) is 0 Å². The third-order valence-electron chi connectivity index (χ3n) is 3.14. The highest BCUT2D eigenvalue weighted by Gasteiger charge is 2.29. The summed E-state index contributed by atoms with van der Waals surface area (Å²) in [6, 6.07) is 8.15. The molecule has 0 bridgehead atoms. The Balaban J connectivity index is 1.88. The Morgan fingerprint density at radius 2 is 1.82 bits per heavy atom. The van der Waals surface area contributed by atoms with E-state index in [1.807, 2.05) is 0 Å². The number of benzene rings is 2. The van der Waals surface area contributed by atoms with Gasteiger partial charge in [0.05, 0.1) is 20.8 Å². The summed E-state index contributed by atoms with van der Waals surface area (Å²) in [5, 5.41) is 10.3. The van der Waals surface area contributed by atoms with Gasteiger partial charge in [-0.2, -0.15) is 13.2 Å². The van der Waals surface area contributed by atoms with Gasteiger partial charge in [-0.05, 0) is 29.8 Å². The molecule has 1 N–H and O–H groups in total. The molecule has 3 rings (SSSR count). The van der Waals surface area contributed by atoms with Crippen LogP contribution in [0, 0.1) is 0 Å². The van der Waals surface area contributed by atoms with Crippen LogP contribution >= 0.6 is 24.0 Å². The largest absolute Gasteiger partial charge is 0.508 e. The lowest BCUT2D eigenvalue weighted by Gasteiger charge is -2.06. The maximum absolute atomic E-state index is 12.5. The number of fused-ring (bicyclic) bond motifs is 1. The van der Waals surface area contributed by atoms with E-state index in [1.165, 1.54) is 29.5 Å². The average Bonchev–Trinajstić information content (AvgIpc) is 2.81. The molecule has 2 aromatic carbocycles. The van der Waals surface area contributed by atoms with Gasteiger partial charge in [0.25, 0.3) is 0 Å². The third-order valence-corrected chi connectivity index (χ3v) is 4.48. The molecule has 0 fully saturated rings. The van der Waals surface area contributed by atoms with Crippen molar-refractivity contribution in [2.24, 2.45) is 0 Å². The number of alkyl halides is 3. The van der Waals surface area contributed by atoms with E-state index in [0.717, 1.165) is 27.4 Å². The molecule has 0 saturated carbocycles. The fourth-order valence-electron chi connectivity index (χ4n) is 2.11. The Labute approximate surface area is 133 Å². The topological polar surface area (TPSA) is 33.1 Å². The minimum absolute atomic E-state index is 0.113. The Hall–Kier alpha value is -1.73. The van der Waals surface area contributed by atoms with Crippen LogP contribution in [0.25, 0.3) is 10.2 Å². The zero-order valence-corrected chi connectivity index (χ0v) is 12.8. The highest BCUT2D eigenvalue weighted by atomic mass is 32.1. The van der Waals surface area contributed by atoms with E-state index in [9.17, 15) is 18.3 Å². The van der Waals surface area contributed by atoms with Crippen LogP contribution in [0.2, 0.25) is 0 Å². The molecule has 2 nitrogen and oxygen atoms in total. The number of phenols is 1. The van der Waals surface area contributed by atoms with Gasteiger partial charge in [-0.1, -0.05) is 12.1 Å². The number of nitrogens with zero attached hydrogens (tertiary/aromatic N) is 1. The monoisotopic (exact) mass is 341 g/mol. The van der Waals surface area contributed by atoms with Gasteiger partial charge < -0.3 is 5.11 Å².